The zero-order valence-corrected chi connectivity index (χ0v) is 22.2. The van der Waals surface area contributed by atoms with Crippen LogP contribution in [0.1, 0.15) is 85.5 Å². The standard InChI is InChI=1S/C30H43N3O2/c1-19-9-12-24-23(11-14-26-29(2,3)27(34)15-16-30(24,26)4)22(19)7-6-8-28(35)32-21-10-13-25-20(17-21)18-31-33(25)5/h10,13,17-18,23-24,26-27,34H,6-9,11-12,14-16H2,1-5H3,(H,32,35)/t23-,24-,26-,27-,30+/m0/s1. The Bertz CT molecular complexity index is 1150. The van der Waals surface area contributed by atoms with Gasteiger partial charge in [0.15, 0.2) is 0 Å². The number of aryl methyl sites for hydroxylation is 1. The molecular weight excluding hydrogens is 434 g/mol. The Morgan fingerprint density at radius 3 is 2.80 bits per heavy atom. The molecule has 2 fully saturated rings. The van der Waals surface area contributed by atoms with E-state index in [1.165, 1.54) is 25.7 Å². The molecule has 1 aromatic carbocycles. The van der Waals surface area contributed by atoms with Crippen LogP contribution in [0.5, 0.6) is 0 Å². The molecular formula is C30H43N3O2. The molecule has 0 spiro atoms. The lowest BCUT2D eigenvalue weighted by Crippen LogP contribution is -2.56. The van der Waals surface area contributed by atoms with E-state index in [4.69, 9.17) is 0 Å². The van der Waals surface area contributed by atoms with Gasteiger partial charge in [-0.2, -0.15) is 5.10 Å². The average molecular weight is 478 g/mol. The van der Waals surface area contributed by atoms with Crippen molar-refractivity contribution in [1.29, 1.82) is 0 Å². The number of rotatable bonds is 5. The predicted molar refractivity (Wildman–Crippen MR) is 142 cm³/mol. The molecule has 2 aromatic rings. The Morgan fingerprint density at radius 1 is 1.20 bits per heavy atom. The summed E-state index contributed by atoms with van der Waals surface area (Å²) in [7, 11) is 1.93. The van der Waals surface area contributed by atoms with Crippen molar-refractivity contribution in [2.75, 3.05) is 5.32 Å². The minimum Gasteiger partial charge on any atom is -0.393 e. The fourth-order valence-electron chi connectivity index (χ4n) is 8.33. The minimum atomic E-state index is -0.171. The number of carbonyl (C=O) groups excluding carboxylic acids is 1. The molecule has 0 bridgehead atoms. The Hall–Kier alpha value is -2.14. The highest BCUT2D eigenvalue weighted by Gasteiger charge is 2.58. The fraction of sp³-hybridized carbons (Fsp3) is 0.667. The quantitative estimate of drug-likeness (QED) is 0.475. The van der Waals surface area contributed by atoms with Gasteiger partial charge in [-0.05, 0) is 105 Å². The Labute approximate surface area is 210 Å². The second-order valence-electron chi connectivity index (χ2n) is 12.5. The number of anilines is 1. The number of aliphatic hydroxyl groups excluding tert-OH is 1. The molecule has 2 saturated carbocycles. The number of allylic oxidation sites excluding steroid dienone is 2. The van der Waals surface area contributed by atoms with Crippen molar-refractivity contribution in [2.45, 2.75) is 91.6 Å². The number of carbonyl (C=O) groups is 1. The number of fused-ring (bicyclic) bond motifs is 4. The molecule has 1 amide bonds. The molecule has 0 radical (unpaired) electrons. The maximum absolute atomic E-state index is 12.7. The van der Waals surface area contributed by atoms with E-state index in [-0.39, 0.29) is 17.4 Å². The van der Waals surface area contributed by atoms with E-state index in [2.05, 4.69) is 38.1 Å². The first-order chi connectivity index (χ1) is 16.6. The van der Waals surface area contributed by atoms with E-state index in [9.17, 15) is 9.90 Å². The van der Waals surface area contributed by atoms with Gasteiger partial charge in [-0.15, -0.1) is 0 Å². The third-order valence-corrected chi connectivity index (χ3v) is 10.3. The van der Waals surface area contributed by atoms with Crippen molar-refractivity contribution in [1.82, 2.24) is 9.78 Å². The summed E-state index contributed by atoms with van der Waals surface area (Å²) in [4.78, 5) is 12.7. The van der Waals surface area contributed by atoms with Gasteiger partial charge in [0.25, 0.3) is 0 Å². The zero-order chi connectivity index (χ0) is 25.0. The highest BCUT2D eigenvalue weighted by molar-refractivity contribution is 5.93. The first-order valence-corrected chi connectivity index (χ1v) is 13.7. The summed E-state index contributed by atoms with van der Waals surface area (Å²) in [5.74, 6) is 2.07. The van der Waals surface area contributed by atoms with Crippen molar-refractivity contribution in [3.05, 3.63) is 35.5 Å². The summed E-state index contributed by atoms with van der Waals surface area (Å²) in [5.41, 5.74) is 5.46. The molecule has 190 valence electrons. The van der Waals surface area contributed by atoms with Crippen LogP contribution in [0, 0.1) is 28.6 Å². The number of nitrogens with zero attached hydrogens (tertiary/aromatic N) is 2. The number of hydrogen-bond donors (Lipinski definition) is 2. The zero-order valence-electron chi connectivity index (χ0n) is 22.2. The first-order valence-electron chi connectivity index (χ1n) is 13.7. The summed E-state index contributed by atoms with van der Waals surface area (Å²) in [6.07, 6.45) is 11.2. The van der Waals surface area contributed by atoms with Gasteiger partial charge in [0.2, 0.25) is 5.91 Å². The molecule has 2 N–H and O–H groups in total. The first kappa shape index (κ1) is 24.5. The maximum atomic E-state index is 12.7. The van der Waals surface area contributed by atoms with Crippen LogP contribution >= 0.6 is 0 Å². The summed E-state index contributed by atoms with van der Waals surface area (Å²) < 4.78 is 1.85. The van der Waals surface area contributed by atoms with Gasteiger partial charge in [-0.3, -0.25) is 9.48 Å². The molecule has 0 saturated heterocycles. The minimum absolute atomic E-state index is 0.00521. The van der Waals surface area contributed by atoms with Crippen LogP contribution in [0.15, 0.2) is 35.5 Å². The molecule has 5 nitrogen and oxygen atoms in total. The number of benzene rings is 1. The van der Waals surface area contributed by atoms with Crippen molar-refractivity contribution >= 4 is 22.5 Å². The number of amides is 1. The van der Waals surface area contributed by atoms with Crippen molar-refractivity contribution in [3.8, 4) is 0 Å². The molecule has 0 unspecified atom stereocenters. The van der Waals surface area contributed by atoms with E-state index in [1.54, 1.807) is 11.1 Å². The highest BCUT2D eigenvalue weighted by atomic mass is 16.3. The smallest absolute Gasteiger partial charge is 0.224 e. The third kappa shape index (κ3) is 4.24. The Morgan fingerprint density at radius 2 is 2.00 bits per heavy atom. The number of aromatic nitrogens is 2. The van der Waals surface area contributed by atoms with Crippen LogP contribution in [-0.4, -0.2) is 26.9 Å². The molecule has 3 aliphatic carbocycles. The third-order valence-electron chi connectivity index (χ3n) is 10.3. The summed E-state index contributed by atoms with van der Waals surface area (Å²) in [6, 6.07) is 5.97. The second kappa shape index (κ2) is 9.06. The summed E-state index contributed by atoms with van der Waals surface area (Å²) in [6.45, 7) is 9.47. The molecule has 3 aliphatic rings. The van der Waals surface area contributed by atoms with Gasteiger partial charge in [-0.1, -0.05) is 31.9 Å². The lowest BCUT2D eigenvalue weighted by molar-refractivity contribution is -0.149. The average Bonchev–Trinajstić information content (AvgIpc) is 3.18. The topological polar surface area (TPSA) is 67.2 Å². The van der Waals surface area contributed by atoms with E-state index >= 15 is 0 Å². The Kier molecular flexibility index (Phi) is 6.36. The molecule has 35 heavy (non-hydrogen) atoms. The molecule has 1 heterocycles. The number of nitrogens with one attached hydrogen (secondary N) is 1. The van der Waals surface area contributed by atoms with Crippen LogP contribution in [0.4, 0.5) is 5.69 Å². The summed E-state index contributed by atoms with van der Waals surface area (Å²) >= 11 is 0. The highest BCUT2D eigenvalue weighted by Crippen LogP contribution is 2.64. The second-order valence-corrected chi connectivity index (χ2v) is 12.5. The van der Waals surface area contributed by atoms with Gasteiger partial charge < -0.3 is 10.4 Å². The lowest BCUT2D eigenvalue weighted by atomic mass is 9.43. The monoisotopic (exact) mass is 477 g/mol. The van der Waals surface area contributed by atoms with Crippen LogP contribution in [0.3, 0.4) is 0 Å². The lowest BCUT2D eigenvalue weighted by Gasteiger charge is -2.62. The van der Waals surface area contributed by atoms with E-state index in [1.807, 2.05) is 36.1 Å². The van der Waals surface area contributed by atoms with E-state index in [0.717, 1.165) is 42.3 Å². The van der Waals surface area contributed by atoms with Crippen molar-refractivity contribution in [2.24, 2.45) is 35.6 Å². The number of aliphatic hydroxyl groups is 1. The largest absolute Gasteiger partial charge is 0.393 e. The van der Waals surface area contributed by atoms with Crippen molar-refractivity contribution < 1.29 is 9.90 Å². The molecule has 5 heteroatoms. The van der Waals surface area contributed by atoms with Crippen LogP contribution in [-0.2, 0) is 11.8 Å². The van der Waals surface area contributed by atoms with Gasteiger partial charge in [0, 0.05) is 24.5 Å². The van der Waals surface area contributed by atoms with E-state index < -0.39 is 0 Å². The summed E-state index contributed by atoms with van der Waals surface area (Å²) in [5, 5.41) is 19.2. The van der Waals surface area contributed by atoms with Crippen LogP contribution in [0.25, 0.3) is 10.9 Å². The number of hydrogen-bond acceptors (Lipinski definition) is 3. The van der Waals surface area contributed by atoms with Gasteiger partial charge in [-0.25, -0.2) is 0 Å². The van der Waals surface area contributed by atoms with E-state index in [0.29, 0.717) is 29.6 Å². The fourth-order valence-corrected chi connectivity index (χ4v) is 8.33. The van der Waals surface area contributed by atoms with Gasteiger partial charge in [0.1, 0.15) is 0 Å². The van der Waals surface area contributed by atoms with Crippen molar-refractivity contribution in [3.63, 3.8) is 0 Å². The Balaban J connectivity index is 1.22. The van der Waals surface area contributed by atoms with Gasteiger partial charge >= 0.3 is 0 Å². The molecule has 0 aliphatic heterocycles. The molecule has 5 rings (SSSR count). The molecule has 1 aromatic heterocycles. The normalized spacial score (nSPS) is 32.3. The van der Waals surface area contributed by atoms with Crippen LogP contribution in [0.2, 0.25) is 0 Å². The molecule has 5 atom stereocenters. The maximum Gasteiger partial charge on any atom is 0.224 e. The van der Waals surface area contributed by atoms with Crippen LogP contribution < -0.4 is 5.32 Å². The SMILES string of the molecule is CC1=C(CCCC(=O)Nc2ccc3c(cnn3C)c2)[C@@H]2CC[C@H]3C(C)(C)[C@@H](O)CC[C@]3(C)[C@H]2CC1. The predicted octanol–water partition coefficient (Wildman–Crippen LogP) is 6.62. The van der Waals surface area contributed by atoms with Gasteiger partial charge in [0.05, 0.1) is 17.8 Å².